The van der Waals surface area contributed by atoms with Gasteiger partial charge >= 0.3 is 0 Å². The molecule has 230 valence electrons. The lowest BCUT2D eigenvalue weighted by molar-refractivity contribution is 1.17. The predicted octanol–water partition coefficient (Wildman–Crippen LogP) is 10.8. The first-order valence-corrected chi connectivity index (χ1v) is 16.3. The van der Waals surface area contributed by atoms with Gasteiger partial charge in [-0.25, -0.2) is 0 Å². The lowest BCUT2D eigenvalue weighted by Gasteiger charge is -2.16. The van der Waals surface area contributed by atoms with Crippen LogP contribution in [0.3, 0.4) is 0 Å². The summed E-state index contributed by atoms with van der Waals surface area (Å²) in [5.74, 6) is 0. The summed E-state index contributed by atoms with van der Waals surface area (Å²) >= 11 is 0. The van der Waals surface area contributed by atoms with Gasteiger partial charge in [0.1, 0.15) is 6.07 Å². The first-order valence-electron chi connectivity index (χ1n) is 16.3. The van der Waals surface area contributed by atoms with Crippen molar-refractivity contribution >= 4 is 43.6 Å². The Morgan fingerprint density at radius 2 is 1.00 bits per heavy atom. The number of nitrogens with zero attached hydrogens (tertiary/aromatic N) is 5. The molecule has 0 saturated carbocycles. The van der Waals surface area contributed by atoms with Crippen LogP contribution in [-0.4, -0.2) is 9.13 Å². The largest absolute Gasteiger partial charge is 0.309 e. The fourth-order valence-electron chi connectivity index (χ4n) is 7.38. The van der Waals surface area contributed by atoms with Gasteiger partial charge in [0.2, 0.25) is 0 Å². The van der Waals surface area contributed by atoms with E-state index in [9.17, 15) is 15.8 Å². The van der Waals surface area contributed by atoms with E-state index in [1.54, 1.807) is 0 Å². The van der Waals surface area contributed by atoms with Crippen molar-refractivity contribution in [2.75, 3.05) is 0 Å². The Hall–Kier alpha value is -7.39. The molecule has 50 heavy (non-hydrogen) atoms. The van der Waals surface area contributed by atoms with Crippen LogP contribution in [0.25, 0.3) is 77.2 Å². The molecule has 7 aromatic carbocycles. The van der Waals surface area contributed by atoms with E-state index in [-0.39, 0.29) is 0 Å². The maximum absolute atomic E-state index is 10.4. The van der Waals surface area contributed by atoms with Crippen molar-refractivity contribution in [3.63, 3.8) is 0 Å². The summed E-state index contributed by atoms with van der Waals surface area (Å²) in [5.41, 5.74) is 11.7. The van der Waals surface area contributed by atoms with Crippen LogP contribution >= 0.6 is 0 Å². The Morgan fingerprint density at radius 1 is 0.380 bits per heavy atom. The summed E-state index contributed by atoms with van der Waals surface area (Å²) in [4.78, 5) is 0. The molecule has 0 aliphatic heterocycles. The second-order valence-electron chi connectivity index (χ2n) is 12.3. The number of hydrogen-bond donors (Lipinski definition) is 0. The van der Waals surface area contributed by atoms with Crippen LogP contribution < -0.4 is 0 Å². The molecule has 9 aromatic rings. The fraction of sp³-hybridized carbons (Fsp3) is 0. The zero-order valence-electron chi connectivity index (χ0n) is 26.7. The first-order chi connectivity index (χ1) is 24.7. The van der Waals surface area contributed by atoms with Gasteiger partial charge in [-0.15, -0.1) is 0 Å². The maximum Gasteiger partial charge on any atom is 0.101 e. The van der Waals surface area contributed by atoms with Crippen LogP contribution in [0.2, 0.25) is 0 Å². The molecule has 2 aromatic heterocycles. The van der Waals surface area contributed by atoms with Crippen molar-refractivity contribution < 1.29 is 0 Å². The van der Waals surface area contributed by atoms with E-state index in [2.05, 4.69) is 118 Å². The molecule has 0 atom stereocenters. The summed E-state index contributed by atoms with van der Waals surface area (Å²) in [6.07, 6.45) is 0. The Labute approximate surface area is 287 Å². The van der Waals surface area contributed by atoms with Crippen molar-refractivity contribution in [1.82, 2.24) is 9.13 Å². The number of aromatic nitrogens is 2. The molecular weight excluding hydrogens is 611 g/mol. The molecule has 0 amide bonds. The minimum absolute atomic E-state index is 0.580. The Kier molecular flexibility index (Phi) is 6.56. The molecule has 2 heterocycles. The quantitative estimate of drug-likeness (QED) is 0.193. The summed E-state index contributed by atoms with van der Waals surface area (Å²) in [6.45, 7) is 0. The lowest BCUT2D eigenvalue weighted by atomic mass is 9.96. The monoisotopic (exact) mass is 635 g/mol. The second-order valence-corrected chi connectivity index (χ2v) is 12.3. The summed E-state index contributed by atoms with van der Waals surface area (Å²) < 4.78 is 4.38. The third-order valence-corrected chi connectivity index (χ3v) is 9.62. The van der Waals surface area contributed by atoms with E-state index in [0.29, 0.717) is 16.7 Å². The molecule has 5 nitrogen and oxygen atoms in total. The normalized spacial score (nSPS) is 11.1. The Balaban J connectivity index is 1.18. The van der Waals surface area contributed by atoms with Gasteiger partial charge in [-0.2, -0.15) is 15.8 Å². The Bertz CT molecular complexity index is 2900. The number of rotatable bonds is 4. The second kappa shape index (κ2) is 11.4. The van der Waals surface area contributed by atoms with Crippen LogP contribution in [0.5, 0.6) is 0 Å². The van der Waals surface area contributed by atoms with Crippen LogP contribution in [0, 0.1) is 34.0 Å². The summed E-state index contributed by atoms with van der Waals surface area (Å²) in [7, 11) is 0. The highest BCUT2D eigenvalue weighted by atomic mass is 15.0. The van der Waals surface area contributed by atoms with Crippen molar-refractivity contribution in [2.24, 2.45) is 0 Å². The van der Waals surface area contributed by atoms with Gasteiger partial charge in [0, 0.05) is 32.8 Å². The third-order valence-electron chi connectivity index (χ3n) is 9.62. The number of fused-ring (bicyclic) bond motifs is 6. The minimum Gasteiger partial charge on any atom is -0.309 e. The molecule has 0 aliphatic rings. The van der Waals surface area contributed by atoms with Crippen molar-refractivity contribution in [2.45, 2.75) is 0 Å². The molecule has 0 aliphatic carbocycles. The van der Waals surface area contributed by atoms with Gasteiger partial charge in [0.25, 0.3) is 0 Å². The van der Waals surface area contributed by atoms with Crippen LogP contribution in [0.1, 0.15) is 16.7 Å². The standard InChI is InChI=1S/C45H25N5/c46-26-29-16-22-43-40(23-29)39-21-15-30(27-47)24-44(39)49(43)35-19-17-31(18-20-35)32-7-5-8-33(25-32)36-12-6-9-34(28-48)45(36)50-41-13-3-1-10-37(41)38-11-2-4-14-42(38)50/h1-25H. The average molecular weight is 636 g/mol. The smallest absolute Gasteiger partial charge is 0.101 e. The zero-order valence-corrected chi connectivity index (χ0v) is 26.7. The molecule has 0 spiro atoms. The highest BCUT2D eigenvalue weighted by Crippen LogP contribution is 2.39. The fourth-order valence-corrected chi connectivity index (χ4v) is 7.38. The number of benzene rings is 7. The van der Waals surface area contributed by atoms with Gasteiger partial charge in [-0.05, 0) is 83.4 Å². The average Bonchev–Trinajstić information content (AvgIpc) is 3.69. The highest BCUT2D eigenvalue weighted by Gasteiger charge is 2.19. The van der Waals surface area contributed by atoms with Crippen LogP contribution in [0.15, 0.2) is 152 Å². The van der Waals surface area contributed by atoms with Crippen molar-refractivity contribution in [3.05, 3.63) is 168 Å². The van der Waals surface area contributed by atoms with Gasteiger partial charge in [0.15, 0.2) is 0 Å². The molecule has 0 N–H and O–H groups in total. The SMILES string of the molecule is N#Cc1ccc2c(c1)c1ccc(C#N)cc1n2-c1ccc(-c2cccc(-c3cccc(C#N)c3-n3c4ccccc4c4ccccc43)c2)cc1. The van der Waals surface area contributed by atoms with Crippen LogP contribution in [-0.2, 0) is 0 Å². The van der Waals surface area contributed by atoms with Crippen LogP contribution in [0.4, 0.5) is 0 Å². The van der Waals surface area contributed by atoms with E-state index < -0.39 is 0 Å². The number of hydrogen-bond acceptors (Lipinski definition) is 3. The molecule has 0 unspecified atom stereocenters. The maximum atomic E-state index is 10.4. The van der Waals surface area contributed by atoms with Gasteiger partial charge in [-0.1, -0.05) is 84.9 Å². The summed E-state index contributed by atoms with van der Waals surface area (Å²) in [6, 6.07) is 57.9. The first kappa shape index (κ1) is 28.8. The van der Waals surface area contributed by atoms with E-state index >= 15 is 0 Å². The molecule has 0 fully saturated rings. The predicted molar refractivity (Wildman–Crippen MR) is 200 cm³/mol. The minimum atomic E-state index is 0.580. The zero-order chi connectivity index (χ0) is 33.8. The highest BCUT2D eigenvalue weighted by molar-refractivity contribution is 6.11. The Morgan fingerprint density at radius 3 is 1.72 bits per heavy atom. The van der Waals surface area contributed by atoms with E-state index in [0.717, 1.165) is 77.2 Å². The van der Waals surface area contributed by atoms with E-state index in [1.165, 1.54) is 0 Å². The molecule has 5 heteroatoms. The molecule has 0 radical (unpaired) electrons. The number of nitriles is 3. The van der Waals surface area contributed by atoms with Crippen molar-refractivity contribution in [1.29, 1.82) is 15.8 Å². The van der Waals surface area contributed by atoms with Crippen molar-refractivity contribution in [3.8, 4) is 51.8 Å². The van der Waals surface area contributed by atoms with Gasteiger partial charge in [-0.3, -0.25) is 0 Å². The molecule has 0 saturated heterocycles. The lowest BCUT2D eigenvalue weighted by Crippen LogP contribution is -2.01. The topological polar surface area (TPSA) is 81.2 Å². The number of para-hydroxylation sites is 3. The molecular formula is C45H25N5. The van der Waals surface area contributed by atoms with Gasteiger partial charge in [0.05, 0.1) is 56.6 Å². The molecule has 9 rings (SSSR count). The summed E-state index contributed by atoms with van der Waals surface area (Å²) in [5, 5.41) is 33.8. The van der Waals surface area contributed by atoms with E-state index in [4.69, 9.17) is 0 Å². The van der Waals surface area contributed by atoms with Gasteiger partial charge < -0.3 is 9.13 Å². The molecule has 0 bridgehead atoms. The third kappa shape index (κ3) is 4.38. The van der Waals surface area contributed by atoms with E-state index in [1.807, 2.05) is 60.7 Å².